The van der Waals surface area contributed by atoms with Gasteiger partial charge in [-0.15, -0.1) is 11.3 Å². The number of nitrogens with zero attached hydrogens (tertiary/aromatic N) is 2. The van der Waals surface area contributed by atoms with E-state index in [4.69, 9.17) is 4.74 Å². The highest BCUT2D eigenvalue weighted by atomic mass is 32.1. The predicted molar refractivity (Wildman–Crippen MR) is 128 cm³/mol. The average molecular weight is 455 g/mol. The summed E-state index contributed by atoms with van der Waals surface area (Å²) in [6, 6.07) is 10.0. The molecule has 1 aromatic heterocycles. The standard InChI is InChI=1S/C26H34N2O3S/c1-18(2)10-13-27(26(30)20-6-7-20)16-25(29)28-14-11-24-22(12-15-32-24)23(28)17-31-21-8-4-19(3)5-9-21/h4-5,8-9,12,15,18,20,23H,6-7,10-11,13-14,16-17H2,1-3H3/t23-/m1/s1. The molecule has 1 saturated carbocycles. The summed E-state index contributed by atoms with van der Waals surface area (Å²) >= 11 is 1.75. The van der Waals surface area contributed by atoms with E-state index in [1.54, 1.807) is 16.2 Å². The van der Waals surface area contributed by atoms with Gasteiger partial charge >= 0.3 is 0 Å². The second-order valence-corrected chi connectivity index (χ2v) is 10.5. The van der Waals surface area contributed by atoms with Crippen LogP contribution in [0, 0.1) is 18.8 Å². The van der Waals surface area contributed by atoms with Crippen LogP contribution >= 0.6 is 11.3 Å². The van der Waals surface area contributed by atoms with Crippen molar-refractivity contribution in [2.75, 3.05) is 26.2 Å². The van der Waals surface area contributed by atoms with Gasteiger partial charge in [0, 0.05) is 23.9 Å². The Morgan fingerprint density at radius 2 is 1.94 bits per heavy atom. The Hall–Kier alpha value is -2.34. The molecule has 2 heterocycles. The number of aryl methyl sites for hydroxylation is 1. The van der Waals surface area contributed by atoms with Gasteiger partial charge in [-0.25, -0.2) is 0 Å². The van der Waals surface area contributed by atoms with Crippen LogP contribution in [0.3, 0.4) is 0 Å². The monoisotopic (exact) mass is 454 g/mol. The summed E-state index contributed by atoms with van der Waals surface area (Å²) in [5, 5.41) is 2.10. The number of carbonyl (C=O) groups is 2. The first-order valence-electron chi connectivity index (χ1n) is 11.8. The first-order valence-corrected chi connectivity index (χ1v) is 12.6. The summed E-state index contributed by atoms with van der Waals surface area (Å²) in [7, 11) is 0. The molecule has 4 rings (SSSR count). The number of hydrogen-bond donors (Lipinski definition) is 0. The fourth-order valence-electron chi connectivity index (χ4n) is 4.21. The van der Waals surface area contributed by atoms with E-state index in [2.05, 4.69) is 32.2 Å². The number of hydrogen-bond acceptors (Lipinski definition) is 4. The Kier molecular flexibility index (Phi) is 7.19. The number of ether oxygens (including phenoxy) is 1. The lowest BCUT2D eigenvalue weighted by Gasteiger charge is -2.37. The summed E-state index contributed by atoms with van der Waals surface area (Å²) in [4.78, 5) is 31.4. The van der Waals surface area contributed by atoms with Crippen molar-refractivity contribution in [1.82, 2.24) is 9.80 Å². The number of fused-ring (bicyclic) bond motifs is 1. The maximum absolute atomic E-state index is 13.5. The van der Waals surface area contributed by atoms with Crippen LogP contribution < -0.4 is 4.74 Å². The maximum Gasteiger partial charge on any atom is 0.242 e. The third kappa shape index (κ3) is 5.52. The highest BCUT2D eigenvalue weighted by Crippen LogP contribution is 2.35. The Labute approximate surface area is 195 Å². The molecule has 0 radical (unpaired) electrons. The summed E-state index contributed by atoms with van der Waals surface area (Å²) < 4.78 is 6.12. The van der Waals surface area contributed by atoms with Gasteiger partial charge in [0.2, 0.25) is 11.8 Å². The third-order valence-electron chi connectivity index (χ3n) is 6.38. The Bertz CT molecular complexity index is 933. The number of rotatable bonds is 9. The van der Waals surface area contributed by atoms with Crippen LogP contribution in [-0.2, 0) is 16.0 Å². The summed E-state index contributed by atoms with van der Waals surface area (Å²) in [5.74, 6) is 1.61. The van der Waals surface area contributed by atoms with Crippen molar-refractivity contribution in [1.29, 1.82) is 0 Å². The minimum absolute atomic E-state index is 0.0251. The van der Waals surface area contributed by atoms with Crippen LogP contribution in [0.25, 0.3) is 0 Å². The van der Waals surface area contributed by atoms with Crippen molar-refractivity contribution in [2.24, 2.45) is 11.8 Å². The lowest BCUT2D eigenvalue weighted by Crippen LogP contribution is -2.48. The molecule has 172 valence electrons. The van der Waals surface area contributed by atoms with Crippen LogP contribution in [0.1, 0.15) is 55.2 Å². The molecular weight excluding hydrogens is 420 g/mol. The first-order chi connectivity index (χ1) is 15.4. The van der Waals surface area contributed by atoms with E-state index in [0.717, 1.165) is 31.4 Å². The van der Waals surface area contributed by atoms with E-state index >= 15 is 0 Å². The molecule has 2 aliphatic rings. The van der Waals surface area contributed by atoms with E-state index in [9.17, 15) is 9.59 Å². The van der Waals surface area contributed by atoms with Gasteiger partial charge in [0.15, 0.2) is 0 Å². The number of thiophene rings is 1. The normalized spacial score (nSPS) is 17.9. The molecule has 1 fully saturated rings. The molecule has 0 spiro atoms. The zero-order valence-electron chi connectivity index (χ0n) is 19.4. The van der Waals surface area contributed by atoms with Crippen LogP contribution in [0.4, 0.5) is 0 Å². The number of benzene rings is 1. The van der Waals surface area contributed by atoms with Gasteiger partial charge in [-0.3, -0.25) is 9.59 Å². The SMILES string of the molecule is Cc1ccc(OC[C@@H]2c3ccsc3CCN2C(=O)CN(CCC(C)C)C(=O)C2CC2)cc1. The zero-order chi connectivity index (χ0) is 22.7. The second kappa shape index (κ2) is 10.1. The van der Waals surface area contributed by atoms with Crippen molar-refractivity contribution < 1.29 is 14.3 Å². The van der Waals surface area contributed by atoms with Gasteiger partial charge in [-0.1, -0.05) is 31.5 Å². The average Bonchev–Trinajstić information content (AvgIpc) is 3.52. The smallest absolute Gasteiger partial charge is 0.242 e. The van der Waals surface area contributed by atoms with Gasteiger partial charge in [0.05, 0.1) is 12.6 Å². The largest absolute Gasteiger partial charge is 0.491 e. The molecule has 0 bridgehead atoms. The second-order valence-electron chi connectivity index (χ2n) is 9.49. The molecule has 2 amide bonds. The van der Waals surface area contributed by atoms with Crippen molar-refractivity contribution in [3.63, 3.8) is 0 Å². The molecule has 1 atom stereocenters. The molecule has 2 aromatic rings. The highest BCUT2D eigenvalue weighted by Gasteiger charge is 2.37. The van der Waals surface area contributed by atoms with Crippen LogP contribution in [-0.4, -0.2) is 47.9 Å². The topological polar surface area (TPSA) is 49.9 Å². The van der Waals surface area contributed by atoms with Crippen LogP contribution in [0.5, 0.6) is 5.75 Å². The fraction of sp³-hybridized carbons (Fsp3) is 0.538. The van der Waals surface area contributed by atoms with E-state index in [1.807, 2.05) is 29.2 Å². The molecule has 5 nitrogen and oxygen atoms in total. The molecule has 1 aliphatic heterocycles. The van der Waals surface area contributed by atoms with E-state index < -0.39 is 0 Å². The molecule has 1 aromatic carbocycles. The molecule has 6 heteroatoms. The third-order valence-corrected chi connectivity index (χ3v) is 7.38. The predicted octanol–water partition coefficient (Wildman–Crippen LogP) is 4.85. The van der Waals surface area contributed by atoms with Crippen molar-refractivity contribution in [3.8, 4) is 5.75 Å². The van der Waals surface area contributed by atoms with Gasteiger partial charge in [-0.05, 0) is 67.7 Å². The molecule has 0 saturated heterocycles. The highest BCUT2D eigenvalue weighted by molar-refractivity contribution is 7.10. The lowest BCUT2D eigenvalue weighted by molar-refractivity contribution is -0.143. The van der Waals surface area contributed by atoms with E-state index in [1.165, 1.54) is 16.0 Å². The van der Waals surface area contributed by atoms with E-state index in [0.29, 0.717) is 25.6 Å². The quantitative estimate of drug-likeness (QED) is 0.544. The van der Waals surface area contributed by atoms with Crippen molar-refractivity contribution in [3.05, 3.63) is 51.7 Å². The minimum Gasteiger partial charge on any atom is -0.491 e. The Morgan fingerprint density at radius 3 is 2.62 bits per heavy atom. The van der Waals surface area contributed by atoms with E-state index in [-0.39, 0.29) is 30.3 Å². The summed E-state index contributed by atoms with van der Waals surface area (Å²) in [6.07, 6.45) is 3.70. The summed E-state index contributed by atoms with van der Waals surface area (Å²) in [6.45, 7) is 8.27. The van der Waals surface area contributed by atoms with Crippen LogP contribution in [0.2, 0.25) is 0 Å². The van der Waals surface area contributed by atoms with Crippen molar-refractivity contribution >= 4 is 23.2 Å². The molecular formula is C26H34N2O3S. The molecule has 0 unspecified atom stereocenters. The maximum atomic E-state index is 13.5. The van der Waals surface area contributed by atoms with Crippen LogP contribution in [0.15, 0.2) is 35.7 Å². The van der Waals surface area contributed by atoms with Crippen molar-refractivity contribution in [2.45, 2.75) is 52.5 Å². The lowest BCUT2D eigenvalue weighted by atomic mass is 10.00. The zero-order valence-corrected chi connectivity index (χ0v) is 20.2. The fourth-order valence-corrected chi connectivity index (χ4v) is 5.14. The van der Waals surface area contributed by atoms with Gasteiger partial charge in [0.1, 0.15) is 12.4 Å². The number of amides is 2. The minimum atomic E-state index is -0.123. The van der Waals surface area contributed by atoms with Gasteiger partial charge < -0.3 is 14.5 Å². The Morgan fingerprint density at radius 1 is 1.19 bits per heavy atom. The first kappa shape index (κ1) is 22.8. The molecule has 1 aliphatic carbocycles. The van der Waals surface area contributed by atoms with Gasteiger partial charge in [-0.2, -0.15) is 0 Å². The summed E-state index contributed by atoms with van der Waals surface area (Å²) in [5.41, 5.74) is 2.37. The molecule has 32 heavy (non-hydrogen) atoms. The Balaban J connectivity index is 1.47. The van der Waals surface area contributed by atoms with Gasteiger partial charge in [0.25, 0.3) is 0 Å². The molecule has 0 N–H and O–H groups in total. The number of carbonyl (C=O) groups excluding carboxylic acids is 2.